The number of nitrogens with zero attached hydrogens (tertiary/aromatic N) is 2. The molecule has 2 aromatic heterocycles. The van der Waals surface area contributed by atoms with E-state index < -0.39 is 15.8 Å². The average molecular weight is 431 g/mol. The molecule has 7 nitrogen and oxygen atoms in total. The number of carbonyl (C=O) groups is 1. The van der Waals surface area contributed by atoms with Crippen LogP contribution in [0.1, 0.15) is 41.6 Å². The largest absolute Gasteiger partial charge is 0.437 e. The van der Waals surface area contributed by atoms with Crippen LogP contribution in [0.15, 0.2) is 34.7 Å². The maximum atomic E-state index is 13.4. The molecule has 0 aliphatic heterocycles. The second kappa shape index (κ2) is 7.39. The molecule has 4 rings (SSSR count). The van der Waals surface area contributed by atoms with Gasteiger partial charge in [0.05, 0.1) is 17.2 Å². The summed E-state index contributed by atoms with van der Waals surface area (Å²) in [5.74, 6) is 0.0232. The number of sulfonamides is 1. The fourth-order valence-corrected chi connectivity index (χ4v) is 3.87. The average Bonchev–Trinajstić information content (AvgIpc) is 3.47. The lowest BCUT2D eigenvalue weighted by Gasteiger charge is -2.18. The monoisotopic (exact) mass is 431 g/mol. The van der Waals surface area contributed by atoms with E-state index in [1.54, 1.807) is 6.07 Å². The number of pyridine rings is 1. The van der Waals surface area contributed by atoms with Crippen LogP contribution in [-0.2, 0) is 10.0 Å². The van der Waals surface area contributed by atoms with Gasteiger partial charge in [-0.15, -0.1) is 0 Å². The van der Waals surface area contributed by atoms with E-state index in [-0.39, 0.29) is 23.3 Å². The van der Waals surface area contributed by atoms with Crippen LogP contribution in [0.5, 0.6) is 0 Å². The molecule has 1 fully saturated rings. The Bertz CT molecular complexity index is 1230. The van der Waals surface area contributed by atoms with Crippen molar-refractivity contribution in [1.82, 2.24) is 10.3 Å². The summed E-state index contributed by atoms with van der Waals surface area (Å²) in [5, 5.41) is 3.29. The number of fused-ring (bicyclic) bond motifs is 1. The zero-order valence-electron chi connectivity index (χ0n) is 16.9. The molecule has 1 aliphatic carbocycles. The van der Waals surface area contributed by atoms with Gasteiger partial charge < -0.3 is 9.73 Å². The van der Waals surface area contributed by atoms with Crippen molar-refractivity contribution in [3.8, 4) is 11.3 Å². The molecule has 3 aromatic rings. The van der Waals surface area contributed by atoms with Gasteiger partial charge in [0.2, 0.25) is 15.7 Å². The highest BCUT2D eigenvalue weighted by atomic mass is 32.2. The molecule has 1 aliphatic rings. The van der Waals surface area contributed by atoms with Crippen LogP contribution < -0.4 is 9.62 Å². The SMILES string of the molecule is CCNC(=O)c1c(-c2ccc(F)cc2)oc2nc(N(C)S(C)(=O)=O)c(C3CC3)cc12. The third kappa shape index (κ3) is 3.65. The van der Waals surface area contributed by atoms with Crippen LogP contribution in [0, 0.1) is 5.82 Å². The predicted octanol–water partition coefficient (Wildman–Crippen LogP) is 3.66. The van der Waals surface area contributed by atoms with Gasteiger partial charge in [0.15, 0.2) is 0 Å². The molecule has 1 N–H and O–H groups in total. The zero-order chi connectivity index (χ0) is 21.6. The number of benzene rings is 1. The first kappa shape index (κ1) is 20.3. The molecule has 158 valence electrons. The number of furan rings is 1. The van der Waals surface area contributed by atoms with Gasteiger partial charge in [-0.2, -0.15) is 4.98 Å². The number of rotatable bonds is 6. The van der Waals surface area contributed by atoms with Crippen LogP contribution >= 0.6 is 0 Å². The third-order valence-corrected chi connectivity index (χ3v) is 6.34. The molecule has 0 atom stereocenters. The van der Waals surface area contributed by atoms with Gasteiger partial charge in [0.25, 0.3) is 5.91 Å². The van der Waals surface area contributed by atoms with Crippen LogP contribution in [0.4, 0.5) is 10.2 Å². The van der Waals surface area contributed by atoms with Crippen LogP contribution in [-0.4, -0.2) is 39.2 Å². The van der Waals surface area contributed by atoms with E-state index in [4.69, 9.17) is 4.42 Å². The van der Waals surface area contributed by atoms with Crippen LogP contribution in [0.3, 0.4) is 0 Å². The van der Waals surface area contributed by atoms with Gasteiger partial charge in [-0.25, -0.2) is 12.8 Å². The minimum absolute atomic E-state index is 0.158. The molecular formula is C21H22FN3O4S. The molecule has 0 saturated heterocycles. The molecule has 0 spiro atoms. The Labute approximate surface area is 173 Å². The van der Waals surface area contributed by atoms with Crippen LogP contribution in [0.2, 0.25) is 0 Å². The van der Waals surface area contributed by atoms with E-state index in [0.717, 1.165) is 29.0 Å². The van der Waals surface area contributed by atoms with Gasteiger partial charge >= 0.3 is 0 Å². The third-order valence-electron chi connectivity index (χ3n) is 5.17. The number of nitrogens with one attached hydrogen (secondary N) is 1. The number of carbonyl (C=O) groups excluding carboxylic acids is 1. The number of anilines is 1. The Morgan fingerprint density at radius 1 is 1.30 bits per heavy atom. The van der Waals surface area contributed by atoms with E-state index in [9.17, 15) is 17.6 Å². The van der Waals surface area contributed by atoms with E-state index in [0.29, 0.717) is 28.9 Å². The van der Waals surface area contributed by atoms with Gasteiger partial charge in [0.1, 0.15) is 17.4 Å². The summed E-state index contributed by atoms with van der Waals surface area (Å²) < 4.78 is 44.7. The summed E-state index contributed by atoms with van der Waals surface area (Å²) in [6, 6.07) is 7.44. The van der Waals surface area contributed by atoms with Crippen molar-refractivity contribution in [2.24, 2.45) is 0 Å². The Hall–Kier alpha value is -2.94. The number of aromatic nitrogens is 1. The maximum absolute atomic E-state index is 13.4. The molecular weight excluding hydrogens is 409 g/mol. The number of halogens is 1. The van der Waals surface area contributed by atoms with Gasteiger partial charge in [-0.05, 0) is 61.6 Å². The first-order chi connectivity index (χ1) is 14.2. The van der Waals surface area contributed by atoms with Crippen molar-refractivity contribution in [3.63, 3.8) is 0 Å². The predicted molar refractivity (Wildman–Crippen MR) is 113 cm³/mol. The normalized spacial score (nSPS) is 14.1. The molecule has 1 aromatic carbocycles. The maximum Gasteiger partial charge on any atom is 0.255 e. The molecule has 9 heteroatoms. The van der Waals surface area contributed by atoms with Crippen LogP contribution in [0.25, 0.3) is 22.4 Å². The number of amides is 1. The summed E-state index contributed by atoms with van der Waals surface area (Å²) in [7, 11) is -2.08. The highest BCUT2D eigenvalue weighted by molar-refractivity contribution is 7.92. The topological polar surface area (TPSA) is 92.5 Å². The summed E-state index contributed by atoms with van der Waals surface area (Å²) in [6.07, 6.45) is 2.97. The Morgan fingerprint density at radius 3 is 2.53 bits per heavy atom. The Kier molecular flexibility index (Phi) is 5.01. The van der Waals surface area contributed by atoms with E-state index >= 15 is 0 Å². The quantitative estimate of drug-likeness (QED) is 0.643. The zero-order valence-corrected chi connectivity index (χ0v) is 17.7. The van der Waals surface area contributed by atoms with Crippen molar-refractivity contribution in [2.45, 2.75) is 25.7 Å². The van der Waals surface area contributed by atoms with Crippen molar-refractivity contribution in [1.29, 1.82) is 0 Å². The van der Waals surface area contributed by atoms with E-state index in [1.165, 1.54) is 31.3 Å². The fraction of sp³-hybridized carbons (Fsp3) is 0.333. The van der Waals surface area contributed by atoms with E-state index in [2.05, 4.69) is 10.3 Å². The summed E-state index contributed by atoms with van der Waals surface area (Å²) in [4.78, 5) is 17.4. The van der Waals surface area contributed by atoms with Crippen molar-refractivity contribution >= 4 is 32.8 Å². The standard InChI is InChI=1S/C21H22FN3O4S/c1-4-23-20(26)17-16-11-15(12-5-6-12)19(25(2)30(3,27)28)24-21(16)29-18(17)13-7-9-14(22)10-8-13/h7-12H,4-6H2,1-3H3,(H,23,26). The molecule has 2 heterocycles. The minimum Gasteiger partial charge on any atom is -0.437 e. The molecule has 0 unspecified atom stereocenters. The lowest BCUT2D eigenvalue weighted by Crippen LogP contribution is -2.27. The van der Waals surface area contributed by atoms with Gasteiger partial charge in [0, 0.05) is 19.2 Å². The highest BCUT2D eigenvalue weighted by Gasteiger charge is 2.33. The van der Waals surface area contributed by atoms with E-state index in [1.807, 2.05) is 6.92 Å². The Balaban J connectivity index is 1.99. The van der Waals surface area contributed by atoms with Crippen molar-refractivity contribution < 1.29 is 22.0 Å². The second-order valence-electron chi connectivity index (χ2n) is 7.43. The van der Waals surface area contributed by atoms with Gasteiger partial charge in [-0.1, -0.05) is 0 Å². The van der Waals surface area contributed by atoms with Crippen molar-refractivity contribution in [3.05, 3.63) is 47.3 Å². The second-order valence-corrected chi connectivity index (χ2v) is 9.44. The molecule has 0 radical (unpaired) electrons. The minimum atomic E-state index is -3.53. The fourth-order valence-electron chi connectivity index (χ4n) is 3.41. The Morgan fingerprint density at radius 2 is 1.97 bits per heavy atom. The first-order valence-corrected chi connectivity index (χ1v) is 11.5. The lowest BCUT2D eigenvalue weighted by atomic mass is 10.0. The summed E-state index contributed by atoms with van der Waals surface area (Å²) >= 11 is 0. The summed E-state index contributed by atoms with van der Waals surface area (Å²) in [5.41, 5.74) is 1.76. The lowest BCUT2D eigenvalue weighted by molar-refractivity contribution is 0.0957. The molecule has 1 amide bonds. The smallest absolute Gasteiger partial charge is 0.255 e. The summed E-state index contributed by atoms with van der Waals surface area (Å²) in [6.45, 7) is 2.23. The highest BCUT2D eigenvalue weighted by Crippen LogP contribution is 2.46. The molecule has 0 bridgehead atoms. The first-order valence-electron chi connectivity index (χ1n) is 9.66. The number of hydrogen-bond donors (Lipinski definition) is 1. The van der Waals surface area contributed by atoms with Crippen molar-refractivity contribution in [2.75, 3.05) is 24.2 Å². The van der Waals surface area contributed by atoms with Gasteiger partial charge in [-0.3, -0.25) is 9.10 Å². The molecule has 1 saturated carbocycles. The molecule has 30 heavy (non-hydrogen) atoms. The number of hydrogen-bond acceptors (Lipinski definition) is 5.